The van der Waals surface area contributed by atoms with Crippen molar-refractivity contribution >= 4 is 24.2 Å². The number of hydrogen-bond acceptors (Lipinski definition) is 5. The van der Waals surface area contributed by atoms with Gasteiger partial charge in [0.25, 0.3) is 0 Å². The van der Waals surface area contributed by atoms with Gasteiger partial charge in [0, 0.05) is 19.0 Å². The Morgan fingerprint density at radius 1 is 1.23 bits per heavy atom. The standard InChI is InChI=1S/C23H30N2O5/c1-23(2,3)30-21(27)24-13-12-18(16-24)19(20(26)25-14-15-29-22(25)28)11-7-10-17-8-5-4-6-9-17/h4-10,18-19H,11-16H2,1-3H3/b10-7+. The Morgan fingerprint density at radius 3 is 2.60 bits per heavy atom. The van der Waals surface area contributed by atoms with Gasteiger partial charge in [0.1, 0.15) is 12.2 Å². The van der Waals surface area contributed by atoms with Gasteiger partial charge in [0.15, 0.2) is 0 Å². The molecule has 2 aliphatic rings. The fraction of sp³-hybridized carbons (Fsp3) is 0.522. The number of benzene rings is 1. The number of cyclic esters (lactones) is 1. The molecular formula is C23H30N2O5. The van der Waals surface area contributed by atoms with E-state index in [4.69, 9.17) is 9.47 Å². The number of nitrogens with zero attached hydrogens (tertiary/aromatic N) is 2. The molecule has 2 aliphatic heterocycles. The summed E-state index contributed by atoms with van der Waals surface area (Å²) in [6.45, 7) is 6.98. The third-order valence-corrected chi connectivity index (χ3v) is 5.29. The third-order valence-electron chi connectivity index (χ3n) is 5.29. The first-order valence-electron chi connectivity index (χ1n) is 10.4. The van der Waals surface area contributed by atoms with Crippen LogP contribution in [0, 0.1) is 11.8 Å². The summed E-state index contributed by atoms with van der Waals surface area (Å²) in [4.78, 5) is 40.4. The van der Waals surface area contributed by atoms with E-state index in [0.717, 1.165) is 5.56 Å². The van der Waals surface area contributed by atoms with Crippen LogP contribution in [0.3, 0.4) is 0 Å². The number of carbonyl (C=O) groups is 3. The highest BCUT2D eigenvalue weighted by atomic mass is 16.6. The van der Waals surface area contributed by atoms with E-state index in [9.17, 15) is 14.4 Å². The Balaban J connectivity index is 1.71. The maximum Gasteiger partial charge on any atom is 0.416 e. The van der Waals surface area contributed by atoms with Crippen LogP contribution in [0.1, 0.15) is 39.2 Å². The van der Waals surface area contributed by atoms with Gasteiger partial charge in [-0.2, -0.15) is 0 Å². The van der Waals surface area contributed by atoms with Crippen molar-refractivity contribution in [2.45, 2.75) is 39.2 Å². The van der Waals surface area contributed by atoms with Crippen LogP contribution in [0.5, 0.6) is 0 Å². The van der Waals surface area contributed by atoms with Gasteiger partial charge >= 0.3 is 12.2 Å². The maximum atomic E-state index is 13.1. The molecule has 0 N–H and O–H groups in total. The molecule has 2 saturated heterocycles. The predicted octanol–water partition coefficient (Wildman–Crippen LogP) is 3.94. The summed E-state index contributed by atoms with van der Waals surface area (Å²) in [6, 6.07) is 9.85. The van der Waals surface area contributed by atoms with E-state index in [-0.39, 0.29) is 31.1 Å². The van der Waals surface area contributed by atoms with Gasteiger partial charge in [0.2, 0.25) is 5.91 Å². The van der Waals surface area contributed by atoms with Gasteiger partial charge in [-0.25, -0.2) is 14.5 Å². The highest BCUT2D eigenvalue weighted by Gasteiger charge is 2.41. The second-order valence-corrected chi connectivity index (χ2v) is 8.73. The number of rotatable bonds is 5. The minimum absolute atomic E-state index is 0.0427. The predicted molar refractivity (Wildman–Crippen MR) is 113 cm³/mol. The van der Waals surface area contributed by atoms with Gasteiger partial charge in [0.05, 0.1) is 6.54 Å². The lowest BCUT2D eigenvalue weighted by Crippen LogP contribution is -2.41. The molecule has 3 amide bonds. The van der Waals surface area contributed by atoms with E-state index in [1.807, 2.05) is 63.3 Å². The largest absolute Gasteiger partial charge is 0.447 e. The summed E-state index contributed by atoms with van der Waals surface area (Å²) in [7, 11) is 0. The number of carbonyl (C=O) groups excluding carboxylic acids is 3. The maximum absolute atomic E-state index is 13.1. The van der Waals surface area contributed by atoms with Gasteiger partial charge in [-0.15, -0.1) is 0 Å². The Bertz CT molecular complexity index is 800. The van der Waals surface area contributed by atoms with Crippen molar-refractivity contribution in [1.29, 1.82) is 0 Å². The summed E-state index contributed by atoms with van der Waals surface area (Å²) < 4.78 is 10.4. The molecule has 1 aromatic rings. The molecule has 7 heteroatoms. The zero-order chi connectivity index (χ0) is 21.7. The van der Waals surface area contributed by atoms with E-state index in [1.165, 1.54) is 4.90 Å². The van der Waals surface area contributed by atoms with Crippen molar-refractivity contribution in [2.75, 3.05) is 26.2 Å². The molecule has 2 atom stereocenters. The number of amides is 3. The summed E-state index contributed by atoms with van der Waals surface area (Å²) in [6.07, 6.45) is 4.18. The Hall–Kier alpha value is -2.83. The number of ether oxygens (including phenoxy) is 2. The third kappa shape index (κ3) is 5.62. The van der Waals surface area contributed by atoms with Crippen LogP contribution in [0.2, 0.25) is 0 Å². The molecule has 0 radical (unpaired) electrons. The second-order valence-electron chi connectivity index (χ2n) is 8.73. The van der Waals surface area contributed by atoms with E-state index in [2.05, 4.69) is 0 Å². The van der Waals surface area contributed by atoms with Gasteiger partial charge in [-0.05, 0) is 45.1 Å². The molecule has 30 heavy (non-hydrogen) atoms. The summed E-state index contributed by atoms with van der Waals surface area (Å²) in [5, 5.41) is 0. The molecule has 0 aromatic heterocycles. The van der Waals surface area contributed by atoms with Gasteiger partial charge in [-0.1, -0.05) is 42.5 Å². The van der Waals surface area contributed by atoms with Crippen LogP contribution < -0.4 is 0 Å². The number of likely N-dealkylation sites (tertiary alicyclic amines) is 1. The average molecular weight is 415 g/mol. The van der Waals surface area contributed by atoms with Crippen LogP contribution in [-0.4, -0.2) is 59.7 Å². The lowest BCUT2D eigenvalue weighted by atomic mass is 9.87. The minimum Gasteiger partial charge on any atom is -0.447 e. The van der Waals surface area contributed by atoms with Crippen molar-refractivity contribution in [3.63, 3.8) is 0 Å². The smallest absolute Gasteiger partial charge is 0.416 e. The van der Waals surface area contributed by atoms with E-state index >= 15 is 0 Å². The molecule has 1 aromatic carbocycles. The molecule has 0 bridgehead atoms. The normalized spacial score (nSPS) is 20.5. The lowest BCUT2D eigenvalue weighted by Gasteiger charge is -2.26. The zero-order valence-electron chi connectivity index (χ0n) is 17.9. The summed E-state index contributed by atoms with van der Waals surface area (Å²) >= 11 is 0. The molecule has 0 spiro atoms. The van der Waals surface area contributed by atoms with E-state index < -0.39 is 17.6 Å². The molecule has 162 valence electrons. The fourth-order valence-electron chi connectivity index (χ4n) is 3.81. The fourth-order valence-corrected chi connectivity index (χ4v) is 3.81. The van der Waals surface area contributed by atoms with Crippen molar-refractivity contribution in [3.8, 4) is 0 Å². The second kappa shape index (κ2) is 9.32. The van der Waals surface area contributed by atoms with Crippen molar-refractivity contribution in [1.82, 2.24) is 9.80 Å². The van der Waals surface area contributed by atoms with Crippen LogP contribution in [0.25, 0.3) is 6.08 Å². The SMILES string of the molecule is CC(C)(C)OC(=O)N1CCC(C(C/C=C/c2ccccc2)C(=O)N2CCOC2=O)C1. The van der Waals surface area contributed by atoms with E-state index in [0.29, 0.717) is 25.9 Å². The van der Waals surface area contributed by atoms with Crippen molar-refractivity contribution in [3.05, 3.63) is 42.0 Å². The Labute approximate surface area is 177 Å². The van der Waals surface area contributed by atoms with Gasteiger partial charge < -0.3 is 14.4 Å². The first-order valence-corrected chi connectivity index (χ1v) is 10.4. The number of hydrogen-bond donors (Lipinski definition) is 0. The van der Waals surface area contributed by atoms with E-state index in [1.54, 1.807) is 4.90 Å². The van der Waals surface area contributed by atoms with Crippen LogP contribution >= 0.6 is 0 Å². The molecule has 0 saturated carbocycles. The molecule has 3 rings (SSSR count). The highest BCUT2D eigenvalue weighted by molar-refractivity contribution is 5.94. The molecule has 0 aliphatic carbocycles. The molecule has 2 unspecified atom stereocenters. The molecule has 7 nitrogen and oxygen atoms in total. The molecular weight excluding hydrogens is 384 g/mol. The number of allylic oxidation sites excluding steroid dienone is 1. The quantitative estimate of drug-likeness (QED) is 0.729. The molecule has 2 heterocycles. The Morgan fingerprint density at radius 2 is 1.97 bits per heavy atom. The zero-order valence-corrected chi connectivity index (χ0v) is 17.9. The lowest BCUT2D eigenvalue weighted by molar-refractivity contribution is -0.133. The number of imide groups is 1. The summed E-state index contributed by atoms with van der Waals surface area (Å²) in [5.41, 5.74) is 0.480. The van der Waals surface area contributed by atoms with Crippen LogP contribution in [-0.2, 0) is 14.3 Å². The van der Waals surface area contributed by atoms with Crippen molar-refractivity contribution in [2.24, 2.45) is 11.8 Å². The van der Waals surface area contributed by atoms with Gasteiger partial charge in [-0.3, -0.25) is 4.79 Å². The average Bonchev–Trinajstić information content (AvgIpc) is 3.33. The highest BCUT2D eigenvalue weighted by Crippen LogP contribution is 2.30. The Kier molecular flexibility index (Phi) is 6.80. The first-order chi connectivity index (χ1) is 14.2. The van der Waals surface area contributed by atoms with Crippen molar-refractivity contribution < 1.29 is 23.9 Å². The van der Waals surface area contributed by atoms with Crippen LogP contribution in [0.4, 0.5) is 9.59 Å². The minimum atomic E-state index is -0.584. The topological polar surface area (TPSA) is 76.2 Å². The monoisotopic (exact) mass is 414 g/mol. The first kappa shape index (κ1) is 21.9. The summed E-state index contributed by atoms with van der Waals surface area (Å²) in [5.74, 6) is -0.673. The molecule has 2 fully saturated rings. The van der Waals surface area contributed by atoms with Crippen LogP contribution in [0.15, 0.2) is 36.4 Å².